The lowest BCUT2D eigenvalue weighted by Crippen LogP contribution is -2.29. The average Bonchev–Trinajstić information content (AvgIpc) is 2.63. The summed E-state index contributed by atoms with van der Waals surface area (Å²) < 4.78 is 5.97. The predicted octanol–water partition coefficient (Wildman–Crippen LogP) is 7.65. The minimum Gasteiger partial charge on any atom is -0.498 e. The van der Waals surface area contributed by atoms with Crippen LogP contribution in [0.3, 0.4) is 0 Å². The Morgan fingerprint density at radius 2 is 1.62 bits per heavy atom. The summed E-state index contributed by atoms with van der Waals surface area (Å²) in [5.41, 5.74) is 0. The molecule has 0 aromatic heterocycles. The molecule has 140 valence electrons. The third-order valence-electron chi connectivity index (χ3n) is 6.54. The fourth-order valence-electron chi connectivity index (χ4n) is 4.98. The van der Waals surface area contributed by atoms with Gasteiger partial charge in [0.2, 0.25) is 0 Å². The molecule has 2 rings (SSSR count). The molecule has 1 heteroatoms. The topological polar surface area (TPSA) is 9.23 Å². The molecule has 0 aromatic carbocycles. The monoisotopic (exact) mass is 334 g/mol. The Labute approximate surface area is 151 Å². The molecular weight excluding hydrogens is 292 g/mol. The van der Waals surface area contributed by atoms with Crippen LogP contribution in [0.1, 0.15) is 110 Å². The maximum absolute atomic E-state index is 5.97. The Morgan fingerprint density at radius 3 is 2.38 bits per heavy atom. The first-order valence-electron chi connectivity index (χ1n) is 11.1. The molecule has 0 saturated heterocycles. The maximum atomic E-state index is 5.97. The molecule has 0 radical (unpaired) electrons. The van der Waals surface area contributed by atoms with Crippen molar-refractivity contribution in [2.45, 2.75) is 116 Å². The highest BCUT2D eigenvalue weighted by atomic mass is 16.5. The van der Waals surface area contributed by atoms with E-state index in [9.17, 15) is 0 Å². The summed E-state index contributed by atoms with van der Waals surface area (Å²) in [6.45, 7) is 4.48. The highest BCUT2D eigenvalue weighted by Gasteiger charge is 2.31. The van der Waals surface area contributed by atoms with Gasteiger partial charge in [-0.2, -0.15) is 0 Å². The Hall–Kier alpha value is -0.460. The van der Waals surface area contributed by atoms with Gasteiger partial charge < -0.3 is 4.74 Å². The smallest absolute Gasteiger partial charge is 0.0981 e. The summed E-state index contributed by atoms with van der Waals surface area (Å²) >= 11 is 0. The van der Waals surface area contributed by atoms with Gasteiger partial charge in [-0.3, -0.25) is 0 Å². The van der Waals surface area contributed by atoms with Crippen LogP contribution in [0.25, 0.3) is 0 Å². The Bertz CT molecular complexity index is 327. The predicted molar refractivity (Wildman–Crippen MR) is 105 cm³/mol. The van der Waals surface area contributed by atoms with Gasteiger partial charge in [0, 0.05) is 0 Å². The van der Waals surface area contributed by atoms with Gasteiger partial charge in [0.05, 0.1) is 12.4 Å². The van der Waals surface area contributed by atoms with E-state index in [2.05, 4.69) is 19.9 Å². The number of ether oxygens (including phenoxy) is 1. The standard InChI is InChI=1S/C23H42O/c1-3-5-7-8-9-11-20-14-16-21(17-15-20)22-12-10-13-23(19-22)24-18-6-4-2/h6,18,20-23H,3-5,7-17,19H2,1-2H3/b18-6+/t20?,21?,22-,23-/m1/s1. The van der Waals surface area contributed by atoms with Crippen molar-refractivity contribution in [3.8, 4) is 0 Å². The first-order valence-corrected chi connectivity index (χ1v) is 11.1. The van der Waals surface area contributed by atoms with Crippen LogP contribution in [0.2, 0.25) is 0 Å². The van der Waals surface area contributed by atoms with Crippen LogP contribution in [0, 0.1) is 17.8 Å². The van der Waals surface area contributed by atoms with Gasteiger partial charge in [0.1, 0.15) is 0 Å². The summed E-state index contributed by atoms with van der Waals surface area (Å²) in [4.78, 5) is 0. The summed E-state index contributed by atoms with van der Waals surface area (Å²) in [6.07, 6.45) is 25.9. The van der Waals surface area contributed by atoms with Gasteiger partial charge >= 0.3 is 0 Å². The minimum atomic E-state index is 0.503. The van der Waals surface area contributed by atoms with Gasteiger partial charge in [-0.05, 0) is 62.7 Å². The van der Waals surface area contributed by atoms with Gasteiger partial charge in [0.25, 0.3) is 0 Å². The summed E-state index contributed by atoms with van der Waals surface area (Å²) in [5.74, 6) is 3.00. The molecular formula is C23H42O. The second-order valence-electron chi connectivity index (χ2n) is 8.45. The summed E-state index contributed by atoms with van der Waals surface area (Å²) in [7, 11) is 0. The quantitative estimate of drug-likeness (QED) is 0.294. The Kier molecular flexibility index (Phi) is 9.92. The van der Waals surface area contributed by atoms with Crippen molar-refractivity contribution >= 4 is 0 Å². The molecule has 2 aliphatic rings. The molecule has 2 saturated carbocycles. The Morgan fingerprint density at radius 1 is 0.833 bits per heavy atom. The van der Waals surface area contributed by atoms with Crippen LogP contribution < -0.4 is 0 Å². The zero-order valence-corrected chi connectivity index (χ0v) is 16.5. The summed E-state index contributed by atoms with van der Waals surface area (Å²) in [5, 5.41) is 0. The zero-order valence-electron chi connectivity index (χ0n) is 16.5. The number of hydrogen-bond acceptors (Lipinski definition) is 1. The van der Waals surface area contributed by atoms with E-state index in [1.165, 1.54) is 89.9 Å². The van der Waals surface area contributed by atoms with Crippen LogP contribution in [-0.4, -0.2) is 6.10 Å². The normalized spacial score (nSPS) is 31.4. The third kappa shape index (κ3) is 7.19. The lowest BCUT2D eigenvalue weighted by Gasteiger charge is -2.38. The van der Waals surface area contributed by atoms with Crippen molar-refractivity contribution in [3.63, 3.8) is 0 Å². The van der Waals surface area contributed by atoms with E-state index in [4.69, 9.17) is 4.74 Å². The second-order valence-corrected chi connectivity index (χ2v) is 8.45. The van der Waals surface area contributed by atoms with Crippen LogP contribution in [0.5, 0.6) is 0 Å². The first-order chi connectivity index (χ1) is 11.8. The lowest BCUT2D eigenvalue weighted by molar-refractivity contribution is 0.0510. The van der Waals surface area contributed by atoms with E-state index in [0.29, 0.717) is 6.10 Å². The molecule has 24 heavy (non-hydrogen) atoms. The largest absolute Gasteiger partial charge is 0.498 e. The molecule has 0 heterocycles. The van der Waals surface area contributed by atoms with E-state index >= 15 is 0 Å². The van der Waals surface area contributed by atoms with Crippen LogP contribution in [0.4, 0.5) is 0 Å². The van der Waals surface area contributed by atoms with Crippen molar-refractivity contribution in [2.75, 3.05) is 0 Å². The van der Waals surface area contributed by atoms with Crippen LogP contribution in [-0.2, 0) is 4.74 Å². The molecule has 2 atom stereocenters. The number of allylic oxidation sites excluding steroid dienone is 1. The van der Waals surface area contributed by atoms with Crippen molar-refractivity contribution < 1.29 is 4.74 Å². The SMILES string of the molecule is CC/C=C/O[C@@H]1CCC[C@@H](C2CCC(CCCCCCC)CC2)C1. The van der Waals surface area contributed by atoms with E-state index in [1.807, 2.05) is 6.26 Å². The first kappa shape index (κ1) is 19.9. The van der Waals surface area contributed by atoms with Gasteiger partial charge in [-0.15, -0.1) is 0 Å². The molecule has 1 nitrogen and oxygen atoms in total. The van der Waals surface area contributed by atoms with Crippen molar-refractivity contribution in [1.29, 1.82) is 0 Å². The molecule has 0 aliphatic heterocycles. The highest BCUT2D eigenvalue weighted by molar-refractivity contribution is 4.84. The molecule has 2 fully saturated rings. The minimum absolute atomic E-state index is 0.503. The maximum Gasteiger partial charge on any atom is 0.0981 e. The van der Waals surface area contributed by atoms with E-state index < -0.39 is 0 Å². The number of hydrogen-bond donors (Lipinski definition) is 0. The van der Waals surface area contributed by atoms with Crippen LogP contribution >= 0.6 is 0 Å². The molecule has 0 N–H and O–H groups in total. The molecule has 0 unspecified atom stereocenters. The van der Waals surface area contributed by atoms with E-state index in [1.54, 1.807) is 0 Å². The number of unbranched alkanes of at least 4 members (excludes halogenated alkanes) is 4. The molecule has 0 amide bonds. The van der Waals surface area contributed by atoms with Crippen LogP contribution in [0.15, 0.2) is 12.3 Å². The molecule has 0 bridgehead atoms. The van der Waals surface area contributed by atoms with Crippen molar-refractivity contribution in [1.82, 2.24) is 0 Å². The van der Waals surface area contributed by atoms with Gasteiger partial charge in [-0.25, -0.2) is 0 Å². The zero-order chi connectivity index (χ0) is 17.0. The fraction of sp³-hybridized carbons (Fsp3) is 0.913. The summed E-state index contributed by atoms with van der Waals surface area (Å²) in [6, 6.07) is 0. The van der Waals surface area contributed by atoms with E-state index in [-0.39, 0.29) is 0 Å². The lowest BCUT2D eigenvalue weighted by atomic mass is 9.70. The van der Waals surface area contributed by atoms with Gasteiger partial charge in [0.15, 0.2) is 0 Å². The molecule has 0 spiro atoms. The Balaban J connectivity index is 1.61. The number of rotatable bonds is 10. The fourth-order valence-corrected chi connectivity index (χ4v) is 4.98. The molecule has 2 aliphatic carbocycles. The van der Waals surface area contributed by atoms with Gasteiger partial charge in [-0.1, -0.05) is 71.3 Å². The third-order valence-corrected chi connectivity index (χ3v) is 6.54. The van der Waals surface area contributed by atoms with E-state index in [0.717, 1.165) is 24.2 Å². The second kappa shape index (κ2) is 12.0. The molecule has 0 aromatic rings. The van der Waals surface area contributed by atoms with Crippen molar-refractivity contribution in [3.05, 3.63) is 12.3 Å². The average molecular weight is 335 g/mol. The highest BCUT2D eigenvalue weighted by Crippen LogP contribution is 2.41. The van der Waals surface area contributed by atoms with Crippen molar-refractivity contribution in [2.24, 2.45) is 17.8 Å².